The molecule has 0 aliphatic heterocycles. The molecule has 2 bridgehead atoms. The molecule has 0 unspecified atom stereocenters. The van der Waals surface area contributed by atoms with Crippen LogP contribution < -0.4 is 10.9 Å². The van der Waals surface area contributed by atoms with E-state index in [1.165, 1.54) is 19.3 Å². The summed E-state index contributed by atoms with van der Waals surface area (Å²) < 4.78 is 1.77. The van der Waals surface area contributed by atoms with Gasteiger partial charge < -0.3 is 10.4 Å². The number of carbonyl (C=O) groups is 1. The molecule has 0 amide bonds. The predicted molar refractivity (Wildman–Crippen MR) is 137 cm³/mol. The second kappa shape index (κ2) is 8.33. The maximum atomic E-state index is 13.6. The molecule has 7 nitrogen and oxygen atoms in total. The van der Waals surface area contributed by atoms with Gasteiger partial charge >= 0.3 is 5.97 Å². The number of rotatable bonds is 5. The Bertz CT molecular complexity index is 1390. The molecule has 1 atom stereocenters. The van der Waals surface area contributed by atoms with E-state index in [2.05, 4.69) is 17.2 Å². The van der Waals surface area contributed by atoms with Crippen LogP contribution in [0.15, 0.2) is 29.1 Å². The first-order chi connectivity index (χ1) is 16.5. The summed E-state index contributed by atoms with van der Waals surface area (Å²) in [6, 6.07) is 6.78. The zero-order valence-electron chi connectivity index (χ0n) is 20.6. The Labute approximate surface area is 209 Å². The molecule has 2 N–H and O–H groups in total. The molecular formula is C27H31ClN4O3. The molecule has 6 rings (SSSR count). The summed E-state index contributed by atoms with van der Waals surface area (Å²) in [7, 11) is 1.85. The number of aryl methyl sites for hydroxylation is 1. The minimum absolute atomic E-state index is 0.0326. The van der Waals surface area contributed by atoms with Crippen LogP contribution >= 0.6 is 11.6 Å². The van der Waals surface area contributed by atoms with Gasteiger partial charge in [0.05, 0.1) is 22.6 Å². The van der Waals surface area contributed by atoms with Crippen LogP contribution in [0.25, 0.3) is 10.9 Å². The summed E-state index contributed by atoms with van der Waals surface area (Å²) in [5, 5.41) is 13.6. The van der Waals surface area contributed by atoms with E-state index >= 15 is 0 Å². The maximum absolute atomic E-state index is 13.6. The molecule has 3 saturated carbocycles. The van der Waals surface area contributed by atoms with E-state index in [1.807, 2.05) is 33.0 Å². The van der Waals surface area contributed by atoms with Crippen molar-refractivity contribution >= 4 is 34.2 Å². The number of hydrogen-bond acceptors (Lipinski definition) is 5. The number of carboxylic acids is 1. The number of aromatic nitrogens is 3. The summed E-state index contributed by atoms with van der Waals surface area (Å²) in [6.07, 6.45) is 6.68. The topological polar surface area (TPSA) is 97.1 Å². The average Bonchev–Trinajstić information content (AvgIpc) is 2.83. The van der Waals surface area contributed by atoms with Gasteiger partial charge in [0, 0.05) is 18.0 Å². The van der Waals surface area contributed by atoms with Gasteiger partial charge in [-0.2, -0.15) is 0 Å². The molecule has 3 aliphatic carbocycles. The fourth-order valence-corrected chi connectivity index (χ4v) is 6.24. The number of carboxylic acid groups (broad SMARTS) is 1. The smallest absolute Gasteiger partial charge is 0.356 e. The summed E-state index contributed by atoms with van der Waals surface area (Å²) in [5.74, 6) is -0.278. The molecular weight excluding hydrogens is 464 g/mol. The number of pyridine rings is 1. The largest absolute Gasteiger partial charge is 0.476 e. The summed E-state index contributed by atoms with van der Waals surface area (Å²) >= 11 is 5.93. The second-order valence-corrected chi connectivity index (χ2v) is 11.2. The third kappa shape index (κ3) is 3.99. The first kappa shape index (κ1) is 23.8. The zero-order valence-corrected chi connectivity index (χ0v) is 21.4. The van der Waals surface area contributed by atoms with Crippen LogP contribution in [0, 0.1) is 12.3 Å². The van der Waals surface area contributed by atoms with E-state index in [-0.39, 0.29) is 27.9 Å². The first-order valence-electron chi connectivity index (χ1n) is 12.2. The van der Waals surface area contributed by atoms with Gasteiger partial charge in [-0.05, 0) is 81.5 Å². The van der Waals surface area contributed by atoms with Crippen molar-refractivity contribution in [2.24, 2.45) is 12.5 Å². The lowest BCUT2D eigenvalue weighted by molar-refractivity contribution is 0.0485. The van der Waals surface area contributed by atoms with Gasteiger partial charge in [-0.15, -0.1) is 0 Å². The zero-order chi connectivity index (χ0) is 25.1. The number of anilines is 1. The quantitative estimate of drug-likeness (QED) is 0.437. The lowest BCUT2D eigenvalue weighted by Gasteiger charge is -2.52. The van der Waals surface area contributed by atoms with Crippen molar-refractivity contribution < 1.29 is 9.90 Å². The fraction of sp³-hybridized carbons (Fsp3) is 0.481. The molecule has 1 aromatic carbocycles. The van der Waals surface area contributed by atoms with Gasteiger partial charge in [0.1, 0.15) is 11.0 Å². The minimum Gasteiger partial charge on any atom is -0.476 e. The van der Waals surface area contributed by atoms with Crippen molar-refractivity contribution in [2.75, 3.05) is 5.32 Å². The Hall–Kier alpha value is -2.93. The molecule has 8 heteroatoms. The highest BCUT2D eigenvalue weighted by Crippen LogP contribution is 2.57. The van der Waals surface area contributed by atoms with Crippen LogP contribution in [-0.4, -0.2) is 25.6 Å². The van der Waals surface area contributed by atoms with Crippen LogP contribution in [0.5, 0.6) is 0 Å². The van der Waals surface area contributed by atoms with Crippen LogP contribution in [0.3, 0.4) is 0 Å². The van der Waals surface area contributed by atoms with Crippen molar-refractivity contribution in [3.63, 3.8) is 0 Å². The number of nitrogens with zero attached hydrogens (tertiary/aromatic N) is 3. The normalized spacial score (nSPS) is 24.5. The number of aromatic carboxylic acids is 1. The minimum atomic E-state index is -1.16. The Morgan fingerprint density at radius 1 is 1.14 bits per heavy atom. The molecule has 184 valence electrons. The van der Waals surface area contributed by atoms with Crippen LogP contribution in [0.2, 0.25) is 5.15 Å². The summed E-state index contributed by atoms with van der Waals surface area (Å²) in [5.41, 5.74) is 3.04. The van der Waals surface area contributed by atoms with Gasteiger partial charge in [-0.25, -0.2) is 14.8 Å². The molecule has 2 aromatic heterocycles. The molecule has 0 radical (unpaired) electrons. The van der Waals surface area contributed by atoms with Crippen molar-refractivity contribution in [3.8, 4) is 0 Å². The molecule has 3 aliphatic rings. The highest BCUT2D eigenvalue weighted by atomic mass is 35.5. The summed E-state index contributed by atoms with van der Waals surface area (Å²) in [6.45, 7) is 6.28. The molecule has 3 aromatic rings. The van der Waals surface area contributed by atoms with Gasteiger partial charge in [0.25, 0.3) is 5.56 Å². The van der Waals surface area contributed by atoms with Crippen LogP contribution in [-0.2, 0) is 12.5 Å². The van der Waals surface area contributed by atoms with E-state index in [0.717, 1.165) is 36.2 Å². The predicted octanol–water partition coefficient (Wildman–Crippen LogP) is 5.77. The highest BCUT2D eigenvalue weighted by Gasteiger charge is 2.49. The summed E-state index contributed by atoms with van der Waals surface area (Å²) in [4.78, 5) is 34.5. The van der Waals surface area contributed by atoms with Gasteiger partial charge in [0.2, 0.25) is 0 Å². The fourth-order valence-electron chi connectivity index (χ4n) is 6.09. The molecule has 2 heterocycles. The Balaban J connectivity index is 1.63. The average molecular weight is 495 g/mol. The molecule has 0 spiro atoms. The van der Waals surface area contributed by atoms with Crippen molar-refractivity contribution in [1.82, 2.24) is 14.5 Å². The van der Waals surface area contributed by atoms with E-state index < -0.39 is 5.97 Å². The van der Waals surface area contributed by atoms with E-state index in [9.17, 15) is 14.7 Å². The van der Waals surface area contributed by atoms with Crippen molar-refractivity contribution in [1.29, 1.82) is 0 Å². The maximum Gasteiger partial charge on any atom is 0.356 e. The third-order valence-corrected chi connectivity index (χ3v) is 8.56. The number of benzene rings is 1. The van der Waals surface area contributed by atoms with E-state index in [1.54, 1.807) is 16.7 Å². The number of halogens is 1. The number of hydrogen-bond donors (Lipinski definition) is 2. The first-order valence-corrected chi connectivity index (χ1v) is 12.6. The second-order valence-electron chi connectivity index (χ2n) is 10.8. The SMILES string of the molecule is Cc1cc([C@@H](C)Nc2ccc(Cl)nc2C(=O)O)c2nc(C34CCC(C)(CC3)CC4)n(C)c(=O)c2c1. The van der Waals surface area contributed by atoms with Gasteiger partial charge in [0.15, 0.2) is 5.69 Å². The lowest BCUT2D eigenvalue weighted by atomic mass is 9.54. The van der Waals surface area contributed by atoms with Gasteiger partial charge in [-0.3, -0.25) is 9.36 Å². The van der Waals surface area contributed by atoms with Crippen molar-refractivity contribution in [3.05, 3.63) is 62.4 Å². The van der Waals surface area contributed by atoms with Gasteiger partial charge in [-0.1, -0.05) is 24.6 Å². The number of nitrogens with one attached hydrogen (secondary N) is 1. The Morgan fingerprint density at radius 2 is 1.80 bits per heavy atom. The number of fused-ring (bicyclic) bond motifs is 4. The van der Waals surface area contributed by atoms with Crippen molar-refractivity contribution in [2.45, 2.75) is 70.8 Å². The Morgan fingerprint density at radius 3 is 2.43 bits per heavy atom. The van der Waals surface area contributed by atoms with Crippen LogP contribution in [0.1, 0.15) is 85.9 Å². The highest BCUT2D eigenvalue weighted by molar-refractivity contribution is 6.29. The third-order valence-electron chi connectivity index (χ3n) is 8.35. The monoisotopic (exact) mass is 494 g/mol. The standard InChI is InChI=1S/C27H31ClN4O3/c1-15-13-17(16(2)29-19-5-6-20(28)30-22(19)24(34)35)21-18(14-15)23(33)32(4)25(31-21)27-10-7-26(3,8-11-27)9-12-27/h5-6,13-14,16,29H,7-12H2,1-4H3,(H,34,35)/t16-,26?,27?/m1/s1. The Kier molecular flexibility index (Phi) is 5.66. The lowest BCUT2D eigenvalue weighted by Crippen LogP contribution is -2.46. The van der Waals surface area contributed by atoms with E-state index in [4.69, 9.17) is 16.6 Å². The molecule has 3 fully saturated rings. The molecule has 35 heavy (non-hydrogen) atoms. The van der Waals surface area contributed by atoms with Crippen LogP contribution in [0.4, 0.5) is 5.69 Å². The molecule has 0 saturated heterocycles. The van der Waals surface area contributed by atoms with E-state index in [0.29, 0.717) is 22.0 Å².